The highest BCUT2D eigenvalue weighted by Gasteiger charge is 2.41. The van der Waals surface area contributed by atoms with Crippen LogP contribution in [-0.4, -0.2) is 38.3 Å². The lowest BCUT2D eigenvalue weighted by Crippen LogP contribution is -2.50. The maximum absolute atomic E-state index is 12.8. The van der Waals surface area contributed by atoms with E-state index in [0.717, 1.165) is 35.7 Å². The molecule has 0 aromatic heterocycles. The van der Waals surface area contributed by atoms with Crippen molar-refractivity contribution in [3.8, 4) is 0 Å². The minimum absolute atomic E-state index is 0.0833. The van der Waals surface area contributed by atoms with E-state index in [1.807, 2.05) is 53.4 Å². The molecule has 5 nitrogen and oxygen atoms in total. The highest BCUT2D eigenvalue weighted by molar-refractivity contribution is 5.80. The molecule has 0 atom stereocenters. The zero-order valence-corrected chi connectivity index (χ0v) is 17.2. The number of hydrogen-bond acceptors (Lipinski definition) is 4. The third-order valence-corrected chi connectivity index (χ3v) is 6.05. The number of piperidine rings is 1. The Balaban J connectivity index is 1.26. The lowest BCUT2D eigenvalue weighted by Gasteiger charge is -2.34. The average Bonchev–Trinajstić information content (AvgIpc) is 2.72. The van der Waals surface area contributed by atoms with Crippen molar-refractivity contribution in [3.05, 3.63) is 54.1 Å². The molecular formula is C23H27F3N4O. The van der Waals surface area contributed by atoms with Crippen LogP contribution in [0.1, 0.15) is 18.4 Å². The van der Waals surface area contributed by atoms with Gasteiger partial charge in [-0.25, -0.2) is 0 Å². The van der Waals surface area contributed by atoms with Gasteiger partial charge in [0.1, 0.15) is 0 Å². The number of carbonyl (C=O) groups is 1. The van der Waals surface area contributed by atoms with Crippen LogP contribution in [0.5, 0.6) is 0 Å². The van der Waals surface area contributed by atoms with Crippen LogP contribution in [0.2, 0.25) is 0 Å². The van der Waals surface area contributed by atoms with E-state index in [9.17, 15) is 18.0 Å². The molecule has 0 spiro atoms. The summed E-state index contributed by atoms with van der Waals surface area (Å²) in [5.41, 5.74) is 3.81. The molecule has 2 aliphatic rings. The average molecular weight is 432 g/mol. The van der Waals surface area contributed by atoms with Crippen LogP contribution in [-0.2, 0) is 11.3 Å². The fraction of sp³-hybridized carbons (Fsp3) is 0.435. The third kappa shape index (κ3) is 5.50. The Labute approximate surface area is 180 Å². The van der Waals surface area contributed by atoms with Gasteiger partial charge in [-0.15, -0.1) is 0 Å². The number of nitrogens with one attached hydrogen (secondary N) is 3. The van der Waals surface area contributed by atoms with Gasteiger partial charge >= 0.3 is 6.18 Å². The predicted octanol–water partition coefficient (Wildman–Crippen LogP) is 4.04. The smallest absolute Gasteiger partial charge is 0.372 e. The Bertz CT molecular complexity index is 871. The number of benzene rings is 2. The van der Waals surface area contributed by atoms with Crippen LogP contribution in [0, 0.1) is 11.8 Å². The molecule has 8 heteroatoms. The highest BCUT2D eigenvalue weighted by Crippen LogP contribution is 2.35. The Morgan fingerprint density at radius 2 is 1.55 bits per heavy atom. The molecule has 3 N–H and O–H groups in total. The fourth-order valence-electron chi connectivity index (χ4n) is 3.90. The van der Waals surface area contributed by atoms with Gasteiger partial charge in [-0.2, -0.15) is 13.2 Å². The van der Waals surface area contributed by atoms with E-state index >= 15 is 0 Å². The minimum Gasteiger partial charge on any atom is -0.372 e. The molecule has 0 saturated carbocycles. The van der Waals surface area contributed by atoms with Crippen LogP contribution in [0.25, 0.3) is 0 Å². The number of carbonyl (C=O) groups excluding carboxylic acids is 1. The lowest BCUT2D eigenvalue weighted by molar-refractivity contribution is -0.179. The second-order valence-electron chi connectivity index (χ2n) is 8.24. The zero-order chi connectivity index (χ0) is 21.8. The summed E-state index contributed by atoms with van der Waals surface area (Å²) in [4.78, 5) is 13.9. The van der Waals surface area contributed by atoms with Gasteiger partial charge in [0, 0.05) is 49.8 Å². The molecule has 0 bridgehead atoms. The monoisotopic (exact) mass is 432 g/mol. The molecular weight excluding hydrogens is 405 g/mol. The van der Waals surface area contributed by atoms with Crippen molar-refractivity contribution in [3.63, 3.8) is 0 Å². The first-order chi connectivity index (χ1) is 14.9. The second-order valence-corrected chi connectivity index (χ2v) is 8.24. The molecule has 0 aliphatic carbocycles. The largest absolute Gasteiger partial charge is 0.391 e. The van der Waals surface area contributed by atoms with Crippen molar-refractivity contribution < 1.29 is 18.0 Å². The first-order valence-corrected chi connectivity index (χ1v) is 10.6. The normalized spacial score (nSPS) is 17.8. The van der Waals surface area contributed by atoms with Crippen molar-refractivity contribution in [2.75, 3.05) is 36.4 Å². The first-order valence-electron chi connectivity index (χ1n) is 10.6. The van der Waals surface area contributed by atoms with Crippen LogP contribution in [0.15, 0.2) is 48.5 Å². The molecule has 2 saturated heterocycles. The van der Waals surface area contributed by atoms with Gasteiger partial charge in [0.05, 0.1) is 11.8 Å². The van der Waals surface area contributed by atoms with Crippen LogP contribution >= 0.6 is 0 Å². The van der Waals surface area contributed by atoms with Crippen molar-refractivity contribution in [1.82, 2.24) is 10.6 Å². The van der Waals surface area contributed by atoms with E-state index < -0.39 is 12.1 Å². The standard InChI is InChI=1S/C23H27F3N4O/c24-23(25,26)18-9-11-30(12-10-18)21-7-5-20(6-8-21)29-19-3-1-16(2-4-19)13-28-22(31)17-14-27-15-17/h1-8,17-18,27,29H,9-15H2,(H,28,31). The minimum atomic E-state index is -4.09. The summed E-state index contributed by atoms with van der Waals surface area (Å²) in [5, 5.41) is 9.37. The SMILES string of the molecule is O=C(NCc1ccc(Nc2ccc(N3CCC(C(F)(F)F)CC3)cc2)cc1)C1CNC1. The molecule has 2 heterocycles. The molecule has 31 heavy (non-hydrogen) atoms. The maximum Gasteiger partial charge on any atom is 0.391 e. The summed E-state index contributed by atoms with van der Waals surface area (Å²) in [5.74, 6) is -1.01. The van der Waals surface area contributed by atoms with Crippen LogP contribution in [0.3, 0.4) is 0 Å². The summed E-state index contributed by atoms with van der Waals surface area (Å²) in [6, 6.07) is 15.6. The number of alkyl halides is 3. The number of hydrogen-bond donors (Lipinski definition) is 3. The van der Waals surface area contributed by atoms with Crippen molar-refractivity contribution in [1.29, 1.82) is 0 Å². The fourth-order valence-corrected chi connectivity index (χ4v) is 3.90. The number of anilines is 3. The summed E-state index contributed by atoms with van der Waals surface area (Å²) < 4.78 is 38.5. The Morgan fingerprint density at radius 3 is 2.06 bits per heavy atom. The molecule has 2 aromatic rings. The van der Waals surface area contributed by atoms with Gasteiger partial charge < -0.3 is 20.9 Å². The molecule has 0 radical (unpaired) electrons. The quantitative estimate of drug-likeness (QED) is 0.645. The Morgan fingerprint density at radius 1 is 0.968 bits per heavy atom. The van der Waals surface area contributed by atoms with E-state index in [0.29, 0.717) is 19.6 Å². The maximum atomic E-state index is 12.8. The van der Waals surface area contributed by atoms with E-state index in [1.54, 1.807) is 0 Å². The van der Waals surface area contributed by atoms with E-state index in [4.69, 9.17) is 0 Å². The van der Waals surface area contributed by atoms with Crippen LogP contribution in [0.4, 0.5) is 30.2 Å². The lowest BCUT2D eigenvalue weighted by atomic mass is 9.96. The predicted molar refractivity (Wildman–Crippen MR) is 115 cm³/mol. The van der Waals surface area contributed by atoms with Crippen molar-refractivity contribution in [2.45, 2.75) is 25.6 Å². The topological polar surface area (TPSA) is 56.4 Å². The molecule has 4 rings (SSSR count). The summed E-state index contributed by atoms with van der Waals surface area (Å²) in [6.45, 7) is 2.85. The van der Waals surface area contributed by atoms with Crippen molar-refractivity contribution >= 4 is 23.0 Å². The van der Waals surface area contributed by atoms with E-state index in [2.05, 4.69) is 16.0 Å². The number of nitrogens with zero attached hydrogens (tertiary/aromatic N) is 1. The molecule has 1 amide bonds. The second kappa shape index (κ2) is 9.18. The Kier molecular flexibility index (Phi) is 6.36. The Hall–Kier alpha value is -2.74. The highest BCUT2D eigenvalue weighted by atomic mass is 19.4. The number of rotatable bonds is 6. The van der Waals surface area contributed by atoms with Gasteiger partial charge in [-0.3, -0.25) is 4.79 Å². The summed E-state index contributed by atoms with van der Waals surface area (Å²) in [6.07, 6.45) is -3.79. The van der Waals surface area contributed by atoms with Gasteiger partial charge in [0.25, 0.3) is 0 Å². The van der Waals surface area contributed by atoms with E-state index in [1.165, 1.54) is 0 Å². The van der Waals surface area contributed by atoms with Gasteiger partial charge in [0.2, 0.25) is 5.91 Å². The third-order valence-electron chi connectivity index (χ3n) is 6.05. The summed E-state index contributed by atoms with van der Waals surface area (Å²) >= 11 is 0. The van der Waals surface area contributed by atoms with Gasteiger partial charge in [-0.1, -0.05) is 12.1 Å². The van der Waals surface area contributed by atoms with E-state index in [-0.39, 0.29) is 24.7 Å². The number of halogens is 3. The van der Waals surface area contributed by atoms with Crippen molar-refractivity contribution in [2.24, 2.45) is 11.8 Å². The van der Waals surface area contributed by atoms with Gasteiger partial charge in [-0.05, 0) is 54.8 Å². The zero-order valence-electron chi connectivity index (χ0n) is 17.2. The number of amides is 1. The first kappa shape index (κ1) is 21.5. The molecule has 2 aromatic carbocycles. The van der Waals surface area contributed by atoms with Crippen LogP contribution < -0.4 is 20.9 Å². The molecule has 2 aliphatic heterocycles. The molecule has 2 fully saturated rings. The molecule has 0 unspecified atom stereocenters. The molecule has 166 valence electrons. The summed E-state index contributed by atoms with van der Waals surface area (Å²) in [7, 11) is 0. The van der Waals surface area contributed by atoms with Gasteiger partial charge in [0.15, 0.2) is 0 Å².